The Hall–Kier alpha value is -3.13. The zero-order valence-corrected chi connectivity index (χ0v) is 16.3. The van der Waals surface area contributed by atoms with Gasteiger partial charge in [0.05, 0.1) is 30.0 Å². The number of amides is 1. The number of sulfone groups is 1. The number of carbonyl (C=O) groups is 1. The number of fused-ring (bicyclic) bond motifs is 1. The number of hydrogen-bond donors (Lipinski definition) is 1. The van der Waals surface area contributed by atoms with E-state index in [4.69, 9.17) is 4.74 Å². The third-order valence-electron chi connectivity index (χ3n) is 4.62. The number of nitrogens with one attached hydrogen (secondary N) is 1. The molecule has 7 nitrogen and oxygen atoms in total. The standard InChI is InChI=1S/C20H19N3O4S/c1-13-4-3-5-14(10-13)20(24)21-19-17-11-28(25,26)12-18(17)22-23(19)15-6-8-16(27-2)9-7-15/h3-10H,11-12H2,1-2H3,(H,21,24). The molecule has 2 heterocycles. The Labute approximate surface area is 162 Å². The molecule has 4 rings (SSSR count). The van der Waals surface area contributed by atoms with Gasteiger partial charge in [-0.3, -0.25) is 4.79 Å². The first-order chi connectivity index (χ1) is 13.4. The van der Waals surface area contributed by atoms with Gasteiger partial charge >= 0.3 is 0 Å². The van der Waals surface area contributed by atoms with Crippen molar-refractivity contribution in [2.45, 2.75) is 18.4 Å². The Morgan fingerprint density at radius 2 is 1.89 bits per heavy atom. The van der Waals surface area contributed by atoms with Gasteiger partial charge in [-0.2, -0.15) is 5.10 Å². The molecule has 2 aromatic carbocycles. The molecule has 0 saturated heterocycles. The zero-order valence-electron chi connectivity index (χ0n) is 15.5. The van der Waals surface area contributed by atoms with E-state index < -0.39 is 9.84 Å². The van der Waals surface area contributed by atoms with E-state index in [1.165, 1.54) is 0 Å². The number of anilines is 1. The van der Waals surface area contributed by atoms with E-state index in [1.807, 2.05) is 13.0 Å². The molecule has 0 radical (unpaired) electrons. The molecule has 0 unspecified atom stereocenters. The van der Waals surface area contributed by atoms with E-state index in [9.17, 15) is 13.2 Å². The highest BCUT2D eigenvalue weighted by molar-refractivity contribution is 7.90. The summed E-state index contributed by atoms with van der Waals surface area (Å²) in [5.41, 5.74) is 3.17. The number of benzene rings is 2. The summed E-state index contributed by atoms with van der Waals surface area (Å²) in [6.07, 6.45) is 0. The molecule has 0 bridgehead atoms. The summed E-state index contributed by atoms with van der Waals surface area (Å²) >= 11 is 0. The highest BCUT2D eigenvalue weighted by atomic mass is 32.2. The van der Waals surface area contributed by atoms with Crippen LogP contribution < -0.4 is 10.1 Å². The number of ether oxygens (including phenoxy) is 1. The van der Waals surface area contributed by atoms with Gasteiger partial charge in [-0.25, -0.2) is 13.1 Å². The van der Waals surface area contributed by atoms with Crippen LogP contribution in [0, 0.1) is 6.92 Å². The van der Waals surface area contributed by atoms with Crippen LogP contribution in [0.4, 0.5) is 5.82 Å². The molecule has 8 heteroatoms. The zero-order chi connectivity index (χ0) is 19.9. The summed E-state index contributed by atoms with van der Waals surface area (Å²) < 4.78 is 30.9. The Morgan fingerprint density at radius 3 is 2.57 bits per heavy atom. The predicted octanol–water partition coefficient (Wildman–Crippen LogP) is 2.87. The van der Waals surface area contributed by atoms with Gasteiger partial charge in [0.15, 0.2) is 9.84 Å². The molecule has 0 aliphatic carbocycles. The highest BCUT2D eigenvalue weighted by Gasteiger charge is 2.33. The average Bonchev–Trinajstić information content (AvgIpc) is 3.14. The molecule has 144 valence electrons. The first-order valence-corrected chi connectivity index (χ1v) is 10.5. The lowest BCUT2D eigenvalue weighted by atomic mass is 10.1. The topological polar surface area (TPSA) is 90.3 Å². The van der Waals surface area contributed by atoms with Gasteiger partial charge in [-0.05, 0) is 43.3 Å². The molecular formula is C20H19N3O4S. The van der Waals surface area contributed by atoms with Gasteiger partial charge < -0.3 is 10.1 Å². The highest BCUT2D eigenvalue weighted by Crippen LogP contribution is 2.33. The van der Waals surface area contributed by atoms with Crippen molar-refractivity contribution in [3.8, 4) is 11.4 Å². The molecule has 1 amide bonds. The van der Waals surface area contributed by atoms with Crippen LogP contribution in [0.25, 0.3) is 5.69 Å². The van der Waals surface area contributed by atoms with Crippen LogP contribution in [-0.2, 0) is 21.3 Å². The molecule has 1 aliphatic heterocycles. The van der Waals surface area contributed by atoms with Crippen molar-refractivity contribution >= 4 is 21.6 Å². The molecule has 1 aliphatic rings. The quantitative estimate of drug-likeness (QED) is 0.731. The van der Waals surface area contributed by atoms with Crippen LogP contribution in [0.5, 0.6) is 5.75 Å². The van der Waals surface area contributed by atoms with Crippen molar-refractivity contribution in [3.05, 3.63) is 70.9 Å². The average molecular weight is 397 g/mol. The summed E-state index contributed by atoms with van der Waals surface area (Å²) in [7, 11) is -1.67. The monoisotopic (exact) mass is 397 g/mol. The van der Waals surface area contributed by atoms with Gasteiger partial charge in [-0.15, -0.1) is 0 Å². The van der Waals surface area contributed by atoms with E-state index in [0.29, 0.717) is 34.1 Å². The first kappa shape index (κ1) is 18.2. The summed E-state index contributed by atoms with van der Waals surface area (Å²) in [4.78, 5) is 12.8. The minimum absolute atomic E-state index is 0.126. The van der Waals surface area contributed by atoms with E-state index in [1.54, 1.807) is 54.3 Å². The number of methoxy groups -OCH3 is 1. The lowest BCUT2D eigenvalue weighted by Gasteiger charge is -2.12. The maximum absolute atomic E-state index is 12.8. The molecule has 3 aromatic rings. The fraction of sp³-hybridized carbons (Fsp3) is 0.200. The van der Waals surface area contributed by atoms with E-state index >= 15 is 0 Å². The van der Waals surface area contributed by atoms with Crippen molar-refractivity contribution < 1.29 is 17.9 Å². The molecule has 0 fully saturated rings. The van der Waals surface area contributed by atoms with E-state index in [2.05, 4.69) is 10.4 Å². The molecule has 1 aromatic heterocycles. The second-order valence-corrected chi connectivity index (χ2v) is 8.80. The summed E-state index contributed by atoms with van der Waals surface area (Å²) in [6, 6.07) is 14.4. The Bertz CT molecular complexity index is 1160. The minimum atomic E-state index is -3.25. The largest absolute Gasteiger partial charge is 0.497 e. The van der Waals surface area contributed by atoms with Gasteiger partial charge in [0.2, 0.25) is 0 Å². The normalized spacial score (nSPS) is 14.5. The van der Waals surface area contributed by atoms with Crippen molar-refractivity contribution in [2.75, 3.05) is 12.4 Å². The van der Waals surface area contributed by atoms with Gasteiger partial charge in [0.25, 0.3) is 5.91 Å². The number of aromatic nitrogens is 2. The van der Waals surface area contributed by atoms with Gasteiger partial charge in [0, 0.05) is 11.1 Å². The van der Waals surface area contributed by atoms with E-state index in [0.717, 1.165) is 5.56 Å². The molecule has 28 heavy (non-hydrogen) atoms. The maximum Gasteiger partial charge on any atom is 0.256 e. The summed E-state index contributed by atoms with van der Waals surface area (Å²) in [5.74, 6) is 0.496. The summed E-state index contributed by atoms with van der Waals surface area (Å²) in [6.45, 7) is 1.91. The fourth-order valence-electron chi connectivity index (χ4n) is 3.25. The third kappa shape index (κ3) is 3.38. The fourth-order valence-corrected chi connectivity index (χ4v) is 4.74. The van der Waals surface area contributed by atoms with Gasteiger partial charge in [0.1, 0.15) is 11.6 Å². The smallest absolute Gasteiger partial charge is 0.256 e. The molecule has 0 spiro atoms. The molecule has 1 N–H and O–H groups in total. The Balaban J connectivity index is 1.76. The third-order valence-corrected chi connectivity index (χ3v) is 6.06. The first-order valence-electron chi connectivity index (χ1n) is 8.70. The molecule has 0 atom stereocenters. The number of nitrogens with zero attached hydrogens (tertiary/aromatic N) is 2. The van der Waals surface area contributed by atoms with Crippen molar-refractivity contribution in [1.29, 1.82) is 0 Å². The van der Waals surface area contributed by atoms with Crippen molar-refractivity contribution in [2.24, 2.45) is 0 Å². The number of carbonyl (C=O) groups excluding carboxylic acids is 1. The molecular weight excluding hydrogens is 378 g/mol. The Kier molecular flexibility index (Phi) is 4.43. The number of aryl methyl sites for hydroxylation is 1. The van der Waals surface area contributed by atoms with Crippen molar-refractivity contribution in [3.63, 3.8) is 0 Å². The minimum Gasteiger partial charge on any atom is -0.497 e. The SMILES string of the molecule is COc1ccc(-n2nc3c(c2NC(=O)c2cccc(C)c2)CS(=O)(=O)C3)cc1. The van der Waals surface area contributed by atoms with Crippen LogP contribution in [0.1, 0.15) is 27.2 Å². The number of hydrogen-bond acceptors (Lipinski definition) is 5. The van der Waals surface area contributed by atoms with E-state index in [-0.39, 0.29) is 17.4 Å². The maximum atomic E-state index is 12.8. The second kappa shape index (κ2) is 6.79. The lowest BCUT2D eigenvalue weighted by molar-refractivity contribution is 0.102. The van der Waals surface area contributed by atoms with Crippen LogP contribution in [0.3, 0.4) is 0 Å². The van der Waals surface area contributed by atoms with Crippen molar-refractivity contribution in [1.82, 2.24) is 9.78 Å². The van der Waals surface area contributed by atoms with Crippen LogP contribution in [-0.4, -0.2) is 31.2 Å². The predicted molar refractivity (Wildman–Crippen MR) is 106 cm³/mol. The number of rotatable bonds is 4. The molecule has 0 saturated carbocycles. The van der Waals surface area contributed by atoms with Crippen LogP contribution >= 0.6 is 0 Å². The lowest BCUT2D eigenvalue weighted by Crippen LogP contribution is -2.17. The second-order valence-electron chi connectivity index (χ2n) is 6.74. The van der Waals surface area contributed by atoms with Gasteiger partial charge in [-0.1, -0.05) is 17.7 Å². The van der Waals surface area contributed by atoms with Crippen LogP contribution in [0.2, 0.25) is 0 Å². The Morgan fingerprint density at radius 1 is 1.14 bits per heavy atom. The summed E-state index contributed by atoms with van der Waals surface area (Å²) in [5, 5.41) is 7.32. The van der Waals surface area contributed by atoms with Crippen LogP contribution in [0.15, 0.2) is 48.5 Å².